The third kappa shape index (κ3) is 2.71. The lowest BCUT2D eigenvalue weighted by atomic mass is 9.91. The average Bonchev–Trinajstić information content (AvgIpc) is 3.13. The topological polar surface area (TPSA) is 46.3 Å². The zero-order chi connectivity index (χ0) is 14.8. The van der Waals surface area contributed by atoms with Crippen LogP contribution in [0.5, 0.6) is 0 Å². The number of nitrogens with zero attached hydrogens (tertiary/aromatic N) is 1. The van der Waals surface area contributed by atoms with Gasteiger partial charge in [-0.05, 0) is 44.2 Å². The van der Waals surface area contributed by atoms with Gasteiger partial charge in [-0.3, -0.25) is 4.79 Å². The van der Waals surface area contributed by atoms with Crippen molar-refractivity contribution < 1.29 is 4.79 Å². The highest BCUT2D eigenvalue weighted by Crippen LogP contribution is 2.38. The lowest BCUT2D eigenvalue weighted by molar-refractivity contribution is -0.137. The van der Waals surface area contributed by atoms with Crippen molar-refractivity contribution in [2.45, 2.75) is 44.6 Å². The van der Waals surface area contributed by atoms with Gasteiger partial charge in [0.15, 0.2) is 0 Å². The fourth-order valence-electron chi connectivity index (χ4n) is 4.25. The van der Waals surface area contributed by atoms with Crippen molar-refractivity contribution in [3.05, 3.63) is 35.9 Å². The summed E-state index contributed by atoms with van der Waals surface area (Å²) in [6.45, 7) is 3.75. The minimum atomic E-state index is 0.173. The molecule has 2 unspecified atom stereocenters. The normalized spacial score (nSPS) is 32.6. The second-order valence-corrected chi connectivity index (χ2v) is 6.61. The standard InChI is InChI=1S/C18H26N2O/c1-13-16(14-6-3-2-4-7-14)10-11-20(13)18(21)17-9-5-8-15(17)12-19/h2-4,6-7,13,15-17H,5,8-12,19H2,1H3/t13?,15-,16?,17-/m1/s1. The third-order valence-corrected chi connectivity index (χ3v) is 5.54. The zero-order valence-corrected chi connectivity index (χ0v) is 12.9. The van der Waals surface area contributed by atoms with E-state index in [4.69, 9.17) is 5.73 Å². The Labute approximate surface area is 127 Å². The lowest BCUT2D eigenvalue weighted by Gasteiger charge is -2.29. The molecule has 3 heteroatoms. The van der Waals surface area contributed by atoms with E-state index in [1.807, 2.05) is 0 Å². The number of likely N-dealkylation sites (tertiary alicyclic amines) is 1. The van der Waals surface area contributed by atoms with E-state index in [0.29, 0.717) is 30.3 Å². The van der Waals surface area contributed by atoms with Gasteiger partial charge < -0.3 is 10.6 Å². The summed E-state index contributed by atoms with van der Waals surface area (Å²) in [4.78, 5) is 15.0. The molecule has 0 spiro atoms. The number of benzene rings is 1. The average molecular weight is 286 g/mol. The molecule has 1 amide bonds. The molecule has 0 radical (unpaired) electrons. The molecule has 2 N–H and O–H groups in total. The van der Waals surface area contributed by atoms with E-state index in [2.05, 4.69) is 42.2 Å². The number of rotatable bonds is 3. The van der Waals surface area contributed by atoms with Gasteiger partial charge in [0, 0.05) is 24.4 Å². The van der Waals surface area contributed by atoms with Crippen molar-refractivity contribution in [3.63, 3.8) is 0 Å². The summed E-state index contributed by atoms with van der Waals surface area (Å²) in [5.74, 6) is 1.41. The molecule has 0 bridgehead atoms. The summed E-state index contributed by atoms with van der Waals surface area (Å²) >= 11 is 0. The quantitative estimate of drug-likeness (QED) is 0.928. The first-order valence-electron chi connectivity index (χ1n) is 8.28. The number of nitrogens with two attached hydrogens (primary N) is 1. The minimum absolute atomic E-state index is 0.173. The summed E-state index contributed by atoms with van der Waals surface area (Å²) < 4.78 is 0. The maximum atomic E-state index is 12.9. The van der Waals surface area contributed by atoms with Gasteiger partial charge in [-0.15, -0.1) is 0 Å². The van der Waals surface area contributed by atoms with Crippen molar-refractivity contribution in [1.29, 1.82) is 0 Å². The van der Waals surface area contributed by atoms with Crippen molar-refractivity contribution in [3.8, 4) is 0 Å². The van der Waals surface area contributed by atoms with E-state index in [9.17, 15) is 4.79 Å². The Morgan fingerprint density at radius 2 is 2.00 bits per heavy atom. The smallest absolute Gasteiger partial charge is 0.226 e. The van der Waals surface area contributed by atoms with E-state index in [0.717, 1.165) is 32.2 Å². The van der Waals surface area contributed by atoms with Gasteiger partial charge in [0.1, 0.15) is 0 Å². The van der Waals surface area contributed by atoms with Crippen molar-refractivity contribution in [2.75, 3.05) is 13.1 Å². The van der Waals surface area contributed by atoms with E-state index in [1.165, 1.54) is 5.56 Å². The predicted octanol–water partition coefficient (Wildman–Crippen LogP) is 2.77. The first kappa shape index (κ1) is 14.6. The summed E-state index contributed by atoms with van der Waals surface area (Å²) in [5, 5.41) is 0. The molecule has 1 aromatic rings. The Morgan fingerprint density at radius 1 is 1.24 bits per heavy atom. The van der Waals surface area contributed by atoms with Crippen LogP contribution < -0.4 is 5.73 Å². The van der Waals surface area contributed by atoms with Crippen LogP contribution in [0.4, 0.5) is 0 Å². The Kier molecular flexibility index (Phi) is 4.29. The van der Waals surface area contributed by atoms with Gasteiger partial charge in [-0.25, -0.2) is 0 Å². The van der Waals surface area contributed by atoms with Crippen molar-refractivity contribution >= 4 is 5.91 Å². The SMILES string of the molecule is CC1C(c2ccccc2)CCN1C(=O)[C@@H]1CCC[C@@H]1CN. The molecular weight excluding hydrogens is 260 g/mol. The maximum Gasteiger partial charge on any atom is 0.226 e. The van der Waals surface area contributed by atoms with Gasteiger partial charge in [0.2, 0.25) is 5.91 Å². The second-order valence-electron chi connectivity index (χ2n) is 6.61. The molecule has 21 heavy (non-hydrogen) atoms. The van der Waals surface area contributed by atoms with Crippen LogP contribution in [0, 0.1) is 11.8 Å². The van der Waals surface area contributed by atoms with Crippen LogP contribution in [0.15, 0.2) is 30.3 Å². The van der Waals surface area contributed by atoms with Crippen molar-refractivity contribution in [2.24, 2.45) is 17.6 Å². The monoisotopic (exact) mass is 286 g/mol. The first-order chi connectivity index (χ1) is 10.2. The van der Waals surface area contributed by atoms with Gasteiger partial charge in [-0.1, -0.05) is 36.8 Å². The molecule has 3 rings (SSSR count). The highest BCUT2D eigenvalue weighted by molar-refractivity contribution is 5.80. The van der Waals surface area contributed by atoms with Crippen molar-refractivity contribution in [1.82, 2.24) is 4.90 Å². The third-order valence-electron chi connectivity index (χ3n) is 5.54. The fourth-order valence-corrected chi connectivity index (χ4v) is 4.25. The molecule has 1 heterocycles. The highest BCUT2D eigenvalue weighted by atomic mass is 16.2. The molecule has 1 aromatic carbocycles. The van der Waals surface area contributed by atoms with Gasteiger partial charge in [-0.2, -0.15) is 0 Å². The number of hydrogen-bond acceptors (Lipinski definition) is 2. The largest absolute Gasteiger partial charge is 0.339 e. The summed E-state index contributed by atoms with van der Waals surface area (Å²) in [7, 11) is 0. The molecule has 2 aliphatic rings. The Bertz CT molecular complexity index is 487. The number of amides is 1. The summed E-state index contributed by atoms with van der Waals surface area (Å²) in [5.41, 5.74) is 7.21. The van der Waals surface area contributed by atoms with E-state index < -0.39 is 0 Å². The maximum absolute atomic E-state index is 12.9. The van der Waals surface area contributed by atoms with E-state index in [-0.39, 0.29) is 5.92 Å². The highest BCUT2D eigenvalue weighted by Gasteiger charge is 2.40. The molecule has 2 fully saturated rings. The van der Waals surface area contributed by atoms with E-state index >= 15 is 0 Å². The number of hydrogen-bond donors (Lipinski definition) is 1. The molecule has 1 saturated heterocycles. The van der Waals surface area contributed by atoms with Crippen LogP contribution in [0.1, 0.15) is 44.1 Å². The minimum Gasteiger partial charge on any atom is -0.339 e. The van der Waals surface area contributed by atoms with Gasteiger partial charge in [0.05, 0.1) is 0 Å². The Hall–Kier alpha value is -1.35. The molecule has 3 nitrogen and oxygen atoms in total. The fraction of sp³-hybridized carbons (Fsp3) is 0.611. The van der Waals surface area contributed by atoms with Gasteiger partial charge in [0.25, 0.3) is 0 Å². The van der Waals surface area contributed by atoms with Crippen LogP contribution in [-0.2, 0) is 4.79 Å². The molecular formula is C18H26N2O. The first-order valence-corrected chi connectivity index (χ1v) is 8.28. The van der Waals surface area contributed by atoms with Crippen LogP contribution in [0.2, 0.25) is 0 Å². The van der Waals surface area contributed by atoms with Crippen LogP contribution in [0.25, 0.3) is 0 Å². The molecule has 0 aromatic heterocycles. The van der Waals surface area contributed by atoms with Crippen LogP contribution in [-0.4, -0.2) is 29.9 Å². The molecule has 4 atom stereocenters. The van der Waals surface area contributed by atoms with Crippen LogP contribution in [0.3, 0.4) is 0 Å². The molecule has 1 saturated carbocycles. The Morgan fingerprint density at radius 3 is 2.71 bits per heavy atom. The summed E-state index contributed by atoms with van der Waals surface area (Å²) in [6.07, 6.45) is 4.39. The lowest BCUT2D eigenvalue weighted by Crippen LogP contribution is -2.41. The summed E-state index contributed by atoms with van der Waals surface area (Å²) in [6, 6.07) is 10.9. The predicted molar refractivity (Wildman–Crippen MR) is 84.9 cm³/mol. The second kappa shape index (κ2) is 6.18. The number of carbonyl (C=O) groups is 1. The molecule has 114 valence electrons. The number of carbonyl (C=O) groups excluding carboxylic acids is 1. The Balaban J connectivity index is 1.71. The van der Waals surface area contributed by atoms with Crippen LogP contribution >= 0.6 is 0 Å². The van der Waals surface area contributed by atoms with Gasteiger partial charge >= 0.3 is 0 Å². The zero-order valence-electron chi connectivity index (χ0n) is 12.9. The van der Waals surface area contributed by atoms with E-state index in [1.54, 1.807) is 0 Å². The molecule has 1 aliphatic heterocycles. The molecule has 1 aliphatic carbocycles.